The lowest BCUT2D eigenvalue weighted by molar-refractivity contribution is 1.25. The highest BCUT2D eigenvalue weighted by molar-refractivity contribution is 7.26. The Labute approximate surface area is 386 Å². The Balaban J connectivity index is 1.04. The molecule has 0 saturated carbocycles. The zero-order chi connectivity index (χ0) is 43.1. The van der Waals surface area contributed by atoms with Crippen LogP contribution in [0.1, 0.15) is 0 Å². The average Bonchev–Trinajstić information content (AvgIpc) is 3.93. The Kier molecular flexibility index (Phi) is 9.90. The van der Waals surface area contributed by atoms with Crippen LogP contribution in [-0.2, 0) is 0 Å². The number of fused-ring (bicyclic) bond motifs is 6. The second-order valence-electron chi connectivity index (χ2n) is 16.2. The maximum absolute atomic E-state index is 2.40. The van der Waals surface area contributed by atoms with E-state index in [0.717, 1.165) is 62.3 Å². The van der Waals surface area contributed by atoms with E-state index in [2.05, 4.69) is 263 Å². The second kappa shape index (κ2) is 16.6. The number of hydrogen-bond donors (Lipinski definition) is 0. The molecule has 2 heterocycles. The van der Waals surface area contributed by atoms with Gasteiger partial charge in [-0.15, -0.1) is 22.7 Å². The molecule has 5 heteroatoms. The van der Waals surface area contributed by atoms with Gasteiger partial charge in [0.15, 0.2) is 0 Å². The fraction of sp³-hybridized carbons (Fsp3) is 0. The lowest BCUT2D eigenvalue weighted by Gasteiger charge is -2.30. The number of benzene rings is 10. The molecule has 3 nitrogen and oxygen atoms in total. The van der Waals surface area contributed by atoms with E-state index in [-0.39, 0.29) is 0 Å². The minimum Gasteiger partial charge on any atom is -0.310 e. The van der Waals surface area contributed by atoms with Crippen molar-refractivity contribution in [2.45, 2.75) is 0 Å². The molecule has 10 aromatic carbocycles. The van der Waals surface area contributed by atoms with E-state index in [1.54, 1.807) is 0 Å². The molecule has 65 heavy (non-hydrogen) atoms. The van der Waals surface area contributed by atoms with Gasteiger partial charge in [0.1, 0.15) is 0 Å². The minimum absolute atomic E-state index is 1.07. The quantitative estimate of drug-likeness (QED) is 0.136. The van der Waals surface area contributed by atoms with Crippen LogP contribution in [0.4, 0.5) is 51.2 Å². The molecule has 0 radical (unpaired) electrons. The Morgan fingerprint density at radius 2 is 0.538 bits per heavy atom. The number of anilines is 9. The molecule has 0 spiro atoms. The van der Waals surface area contributed by atoms with E-state index < -0.39 is 0 Å². The fourth-order valence-corrected chi connectivity index (χ4v) is 11.3. The van der Waals surface area contributed by atoms with Crippen molar-refractivity contribution in [2.24, 2.45) is 0 Å². The first-order valence-electron chi connectivity index (χ1n) is 21.9. The molecule has 0 N–H and O–H groups in total. The molecule has 308 valence electrons. The van der Waals surface area contributed by atoms with Gasteiger partial charge in [0.2, 0.25) is 0 Å². The van der Waals surface area contributed by atoms with E-state index in [0.29, 0.717) is 0 Å². The van der Waals surface area contributed by atoms with Crippen LogP contribution in [0.5, 0.6) is 0 Å². The van der Waals surface area contributed by atoms with Crippen molar-refractivity contribution in [3.63, 3.8) is 0 Å². The van der Waals surface area contributed by atoms with Gasteiger partial charge in [-0.3, -0.25) is 0 Å². The van der Waals surface area contributed by atoms with Crippen LogP contribution in [-0.4, -0.2) is 0 Å². The Morgan fingerprint density at radius 1 is 0.200 bits per heavy atom. The van der Waals surface area contributed by atoms with Crippen molar-refractivity contribution in [3.05, 3.63) is 249 Å². The Hall–Kier alpha value is -7.96. The third kappa shape index (κ3) is 7.27. The van der Waals surface area contributed by atoms with Crippen molar-refractivity contribution in [3.8, 4) is 11.1 Å². The third-order valence-electron chi connectivity index (χ3n) is 12.2. The highest BCUT2D eigenvalue weighted by Crippen LogP contribution is 2.46. The predicted octanol–water partition coefficient (Wildman–Crippen LogP) is 18.5. The van der Waals surface area contributed by atoms with Crippen molar-refractivity contribution in [1.29, 1.82) is 0 Å². The van der Waals surface area contributed by atoms with Gasteiger partial charge in [-0.05, 0) is 145 Å². The van der Waals surface area contributed by atoms with E-state index >= 15 is 0 Å². The van der Waals surface area contributed by atoms with Crippen molar-refractivity contribution >= 4 is 114 Å². The van der Waals surface area contributed by atoms with Gasteiger partial charge >= 0.3 is 0 Å². The summed E-state index contributed by atoms with van der Waals surface area (Å²) < 4.78 is 5.14. The van der Waals surface area contributed by atoms with Crippen LogP contribution < -0.4 is 14.7 Å². The fourth-order valence-electron chi connectivity index (χ4n) is 9.18. The van der Waals surface area contributed by atoms with Crippen LogP contribution in [0.25, 0.3) is 51.5 Å². The first kappa shape index (κ1) is 38.7. The van der Waals surface area contributed by atoms with Crippen LogP contribution in [0, 0.1) is 0 Å². The summed E-state index contributed by atoms with van der Waals surface area (Å²) in [6.07, 6.45) is 0. The number of para-hydroxylation sites is 5. The standard InChI is InChI=1S/C60H41N3S2/c1-6-18-44(19-7-1)61(45-20-8-2-9-21-45)51-36-43(37-52(39-51)62(46-22-10-3-11-23-46)47-24-12-4-13-25-47)42-30-33-58-54(38-42)56-41-50(32-35-60(56)65-58)63(48-26-14-5-15-27-48)49-31-34-59-55(40-49)53-28-16-17-29-57(53)64-59/h1-41H. The molecule has 2 aromatic heterocycles. The summed E-state index contributed by atoms with van der Waals surface area (Å²) in [5.74, 6) is 0. The number of hydrogen-bond acceptors (Lipinski definition) is 5. The molecule has 0 aliphatic heterocycles. The average molecular weight is 868 g/mol. The highest BCUT2D eigenvalue weighted by atomic mass is 32.1. The van der Waals surface area contributed by atoms with Gasteiger partial charge in [-0.2, -0.15) is 0 Å². The van der Waals surface area contributed by atoms with Crippen molar-refractivity contribution in [2.75, 3.05) is 14.7 Å². The summed E-state index contributed by atoms with van der Waals surface area (Å²) in [6.45, 7) is 0. The van der Waals surface area contributed by atoms with Gasteiger partial charge in [0.25, 0.3) is 0 Å². The second-order valence-corrected chi connectivity index (χ2v) is 18.4. The highest BCUT2D eigenvalue weighted by Gasteiger charge is 2.21. The number of rotatable bonds is 10. The SMILES string of the molecule is c1ccc(N(c2ccccc2)c2cc(-c3ccc4sc5ccc(N(c6ccccc6)c6ccc7sc8ccccc8c7c6)cc5c4c3)cc(N(c3ccccc3)c3ccccc3)c2)cc1. The zero-order valence-electron chi connectivity index (χ0n) is 35.3. The lowest BCUT2D eigenvalue weighted by atomic mass is 9.99. The van der Waals surface area contributed by atoms with Crippen LogP contribution >= 0.6 is 22.7 Å². The molecule has 0 fully saturated rings. The summed E-state index contributed by atoms with van der Waals surface area (Å²) in [5.41, 5.74) is 12.2. The number of nitrogens with zero attached hydrogens (tertiary/aromatic N) is 3. The molecule has 12 aromatic rings. The van der Waals surface area contributed by atoms with Crippen molar-refractivity contribution < 1.29 is 0 Å². The first-order valence-corrected chi connectivity index (χ1v) is 23.5. The zero-order valence-corrected chi connectivity index (χ0v) is 37.0. The minimum atomic E-state index is 1.07. The topological polar surface area (TPSA) is 9.72 Å². The summed E-state index contributed by atoms with van der Waals surface area (Å²) in [7, 11) is 0. The van der Waals surface area contributed by atoms with Gasteiger partial charge in [-0.1, -0.05) is 115 Å². The normalized spacial score (nSPS) is 11.4. The Morgan fingerprint density at radius 3 is 0.985 bits per heavy atom. The van der Waals surface area contributed by atoms with Gasteiger partial charge < -0.3 is 14.7 Å². The van der Waals surface area contributed by atoms with E-state index in [1.807, 2.05) is 22.7 Å². The smallest absolute Gasteiger partial charge is 0.0488 e. The third-order valence-corrected chi connectivity index (χ3v) is 14.5. The van der Waals surface area contributed by atoms with Crippen LogP contribution in [0.2, 0.25) is 0 Å². The molecule has 0 aliphatic rings. The predicted molar refractivity (Wildman–Crippen MR) is 282 cm³/mol. The molecule has 0 unspecified atom stereocenters. The summed E-state index contributed by atoms with van der Waals surface area (Å²) in [4.78, 5) is 7.12. The van der Waals surface area contributed by atoms with E-state index in [9.17, 15) is 0 Å². The van der Waals surface area contributed by atoms with E-state index in [1.165, 1.54) is 40.3 Å². The first-order chi connectivity index (χ1) is 32.2. The number of thiophene rings is 2. The Bertz CT molecular complexity index is 3430. The summed E-state index contributed by atoms with van der Waals surface area (Å²) in [5, 5.41) is 5.07. The van der Waals surface area contributed by atoms with Crippen molar-refractivity contribution in [1.82, 2.24) is 0 Å². The van der Waals surface area contributed by atoms with Crippen LogP contribution in [0.3, 0.4) is 0 Å². The monoisotopic (exact) mass is 867 g/mol. The van der Waals surface area contributed by atoms with E-state index in [4.69, 9.17) is 0 Å². The maximum Gasteiger partial charge on any atom is 0.0488 e. The molecule has 0 aliphatic carbocycles. The molecular formula is C60H41N3S2. The molecule has 0 amide bonds. The lowest BCUT2D eigenvalue weighted by Crippen LogP contribution is -2.13. The molecule has 0 saturated heterocycles. The van der Waals surface area contributed by atoms with Gasteiger partial charge in [0, 0.05) is 91.5 Å². The molecule has 12 rings (SSSR count). The molecular weight excluding hydrogens is 827 g/mol. The van der Waals surface area contributed by atoms with Gasteiger partial charge in [-0.25, -0.2) is 0 Å². The molecule has 0 bridgehead atoms. The summed E-state index contributed by atoms with van der Waals surface area (Å²) >= 11 is 3.71. The molecule has 0 atom stereocenters. The van der Waals surface area contributed by atoms with Crippen LogP contribution in [0.15, 0.2) is 249 Å². The maximum atomic E-state index is 2.40. The summed E-state index contributed by atoms with van der Waals surface area (Å²) in [6, 6.07) is 90.1. The largest absolute Gasteiger partial charge is 0.310 e. The van der Waals surface area contributed by atoms with Gasteiger partial charge in [0.05, 0.1) is 0 Å².